The highest BCUT2D eigenvalue weighted by Crippen LogP contribution is 2.43. The highest BCUT2D eigenvalue weighted by atomic mass is 32.1. The van der Waals surface area contributed by atoms with Gasteiger partial charge in [0.15, 0.2) is 18.1 Å². The third-order valence-corrected chi connectivity index (χ3v) is 7.38. The molecule has 4 rings (SSSR count). The molecule has 1 aliphatic carbocycles. The molecule has 1 fully saturated rings. The van der Waals surface area contributed by atoms with E-state index in [-0.39, 0.29) is 18.5 Å². The maximum Gasteiger partial charge on any atom is 0.313 e. The zero-order chi connectivity index (χ0) is 24.0. The molecule has 1 N–H and O–H groups in total. The van der Waals surface area contributed by atoms with Crippen molar-refractivity contribution in [3.05, 3.63) is 53.0 Å². The van der Waals surface area contributed by atoms with E-state index >= 15 is 0 Å². The largest absolute Gasteiger partial charge is 0.493 e. The molecule has 1 aliphatic rings. The van der Waals surface area contributed by atoms with E-state index in [9.17, 15) is 9.59 Å². The lowest BCUT2D eigenvalue weighted by molar-refractivity contribution is -0.158. The minimum absolute atomic E-state index is 0.271. The second-order valence-corrected chi connectivity index (χ2v) is 9.72. The number of hydrogen-bond donors (Lipinski definition) is 1. The minimum Gasteiger partial charge on any atom is -0.493 e. The smallest absolute Gasteiger partial charge is 0.313 e. The summed E-state index contributed by atoms with van der Waals surface area (Å²) < 4.78 is 17.2. The summed E-state index contributed by atoms with van der Waals surface area (Å²) >= 11 is 1.62. The molecule has 0 unspecified atom stereocenters. The zero-order valence-corrected chi connectivity index (χ0v) is 20.4. The third kappa shape index (κ3) is 5.50. The van der Waals surface area contributed by atoms with E-state index < -0.39 is 5.41 Å². The van der Waals surface area contributed by atoms with Crippen molar-refractivity contribution in [1.29, 1.82) is 0 Å². The van der Waals surface area contributed by atoms with Gasteiger partial charge in [0.25, 0.3) is 5.91 Å². The topological polar surface area (TPSA) is 86.8 Å². The number of carbonyl (C=O) groups excluding carboxylic acids is 2. The second kappa shape index (κ2) is 10.9. The number of para-hydroxylation sites is 1. The summed E-state index contributed by atoms with van der Waals surface area (Å²) in [5, 5.41) is 3.77. The SMILES string of the molecule is COc1ccc(CCNC(=O)COC(=O)C2(Cc3nc4ccccc4s3)CCCC2)cc1OC. The molecule has 1 heterocycles. The van der Waals surface area contributed by atoms with E-state index in [1.807, 2.05) is 42.5 Å². The van der Waals surface area contributed by atoms with E-state index in [4.69, 9.17) is 19.2 Å². The van der Waals surface area contributed by atoms with Crippen molar-refractivity contribution in [3.8, 4) is 11.5 Å². The van der Waals surface area contributed by atoms with Crippen molar-refractivity contribution < 1.29 is 23.8 Å². The predicted octanol–water partition coefficient (Wildman–Crippen LogP) is 4.32. The van der Waals surface area contributed by atoms with Gasteiger partial charge in [-0.3, -0.25) is 9.59 Å². The molecule has 0 saturated heterocycles. The number of nitrogens with one attached hydrogen (secondary N) is 1. The number of ether oxygens (including phenoxy) is 3. The third-order valence-electron chi connectivity index (χ3n) is 6.34. The molecule has 2 aromatic carbocycles. The van der Waals surface area contributed by atoms with Crippen LogP contribution in [0.2, 0.25) is 0 Å². The first-order chi connectivity index (χ1) is 16.5. The Balaban J connectivity index is 1.28. The fourth-order valence-electron chi connectivity index (χ4n) is 4.51. The van der Waals surface area contributed by atoms with Gasteiger partial charge in [-0.1, -0.05) is 31.0 Å². The average molecular weight is 483 g/mol. The van der Waals surface area contributed by atoms with Gasteiger partial charge in [-0.25, -0.2) is 4.98 Å². The Hall–Kier alpha value is -3.13. The molecule has 180 valence electrons. The van der Waals surface area contributed by atoms with Crippen LogP contribution in [0.4, 0.5) is 0 Å². The quantitative estimate of drug-likeness (QED) is 0.433. The van der Waals surface area contributed by atoms with Crippen molar-refractivity contribution in [2.45, 2.75) is 38.5 Å². The average Bonchev–Trinajstić information content (AvgIpc) is 3.49. The van der Waals surface area contributed by atoms with Gasteiger partial charge in [-0.05, 0) is 49.1 Å². The summed E-state index contributed by atoms with van der Waals surface area (Å²) in [4.78, 5) is 30.1. The van der Waals surface area contributed by atoms with Gasteiger partial charge in [0.05, 0.1) is 34.9 Å². The van der Waals surface area contributed by atoms with Gasteiger partial charge >= 0.3 is 5.97 Å². The Bertz CT molecular complexity index is 1120. The summed E-state index contributed by atoms with van der Waals surface area (Å²) in [6, 6.07) is 13.6. The second-order valence-electron chi connectivity index (χ2n) is 8.60. The van der Waals surface area contributed by atoms with Gasteiger partial charge in [-0.15, -0.1) is 11.3 Å². The van der Waals surface area contributed by atoms with E-state index in [0.717, 1.165) is 46.5 Å². The Morgan fingerprint density at radius 1 is 1.06 bits per heavy atom. The van der Waals surface area contributed by atoms with Crippen molar-refractivity contribution in [2.75, 3.05) is 27.4 Å². The summed E-state index contributed by atoms with van der Waals surface area (Å²) in [5.41, 5.74) is 1.38. The molecule has 0 atom stereocenters. The monoisotopic (exact) mass is 482 g/mol. The van der Waals surface area contributed by atoms with Crippen LogP contribution in [0.25, 0.3) is 10.2 Å². The normalized spacial score (nSPS) is 14.6. The molecule has 0 bridgehead atoms. The van der Waals surface area contributed by atoms with E-state index in [0.29, 0.717) is 30.9 Å². The van der Waals surface area contributed by atoms with Crippen LogP contribution in [-0.2, 0) is 27.2 Å². The van der Waals surface area contributed by atoms with Gasteiger partial charge in [-0.2, -0.15) is 0 Å². The van der Waals surface area contributed by atoms with E-state index in [1.165, 1.54) is 0 Å². The number of benzene rings is 2. The zero-order valence-electron chi connectivity index (χ0n) is 19.6. The van der Waals surface area contributed by atoms with Gasteiger partial charge in [0.2, 0.25) is 0 Å². The standard InChI is InChI=1S/C26H30N2O5S/c1-31-20-10-9-18(15-21(20)32-2)11-14-27-23(29)17-33-25(30)26(12-5-6-13-26)16-24-28-19-7-3-4-8-22(19)34-24/h3-4,7-10,15H,5-6,11-14,16-17H2,1-2H3,(H,27,29). The van der Waals surface area contributed by atoms with E-state index in [1.54, 1.807) is 25.6 Å². The Morgan fingerprint density at radius 2 is 1.82 bits per heavy atom. The number of nitrogens with zero attached hydrogens (tertiary/aromatic N) is 1. The summed E-state index contributed by atoms with van der Waals surface area (Å²) in [7, 11) is 3.18. The van der Waals surface area contributed by atoms with Crippen molar-refractivity contribution in [2.24, 2.45) is 5.41 Å². The first-order valence-corrected chi connectivity index (χ1v) is 12.3. The molecule has 1 aromatic heterocycles. The molecule has 8 heteroatoms. The predicted molar refractivity (Wildman–Crippen MR) is 131 cm³/mol. The van der Waals surface area contributed by atoms with Crippen LogP contribution in [0, 0.1) is 5.41 Å². The fourth-order valence-corrected chi connectivity index (χ4v) is 5.62. The lowest BCUT2D eigenvalue weighted by atomic mass is 9.83. The van der Waals surface area contributed by atoms with Crippen LogP contribution in [0.15, 0.2) is 42.5 Å². The number of aromatic nitrogens is 1. The highest BCUT2D eigenvalue weighted by Gasteiger charge is 2.43. The van der Waals surface area contributed by atoms with Gasteiger partial charge in [0.1, 0.15) is 0 Å². The van der Waals surface area contributed by atoms with Crippen LogP contribution in [0.5, 0.6) is 11.5 Å². The Morgan fingerprint density at radius 3 is 2.56 bits per heavy atom. The first kappa shape index (κ1) is 24.0. The molecule has 0 spiro atoms. The number of hydrogen-bond acceptors (Lipinski definition) is 7. The molecular weight excluding hydrogens is 452 g/mol. The molecule has 34 heavy (non-hydrogen) atoms. The summed E-state index contributed by atoms with van der Waals surface area (Å²) in [6.07, 6.45) is 4.69. The number of fused-ring (bicyclic) bond motifs is 1. The molecular formula is C26H30N2O5S. The van der Waals surface area contributed by atoms with Gasteiger partial charge in [0, 0.05) is 13.0 Å². The number of carbonyl (C=O) groups is 2. The van der Waals surface area contributed by atoms with Crippen LogP contribution < -0.4 is 14.8 Å². The van der Waals surface area contributed by atoms with Crippen molar-refractivity contribution >= 4 is 33.4 Å². The number of esters is 1. The van der Waals surface area contributed by atoms with Crippen LogP contribution >= 0.6 is 11.3 Å². The molecule has 1 amide bonds. The van der Waals surface area contributed by atoms with Gasteiger partial charge < -0.3 is 19.5 Å². The molecule has 0 radical (unpaired) electrons. The Labute approximate surface area is 203 Å². The highest BCUT2D eigenvalue weighted by molar-refractivity contribution is 7.18. The molecule has 3 aromatic rings. The van der Waals surface area contributed by atoms with Crippen LogP contribution in [0.1, 0.15) is 36.3 Å². The lowest BCUT2D eigenvalue weighted by Crippen LogP contribution is -2.36. The first-order valence-electron chi connectivity index (χ1n) is 11.5. The maximum absolute atomic E-state index is 13.1. The summed E-state index contributed by atoms with van der Waals surface area (Å²) in [5.74, 6) is 0.713. The lowest BCUT2D eigenvalue weighted by Gasteiger charge is -2.25. The number of rotatable bonds is 10. The number of thiazole rings is 1. The van der Waals surface area contributed by atoms with Crippen LogP contribution in [-0.4, -0.2) is 44.2 Å². The van der Waals surface area contributed by atoms with Crippen LogP contribution in [0.3, 0.4) is 0 Å². The van der Waals surface area contributed by atoms with Crippen molar-refractivity contribution in [1.82, 2.24) is 10.3 Å². The van der Waals surface area contributed by atoms with E-state index in [2.05, 4.69) is 5.32 Å². The fraction of sp³-hybridized carbons (Fsp3) is 0.423. The maximum atomic E-state index is 13.1. The van der Waals surface area contributed by atoms with Crippen molar-refractivity contribution in [3.63, 3.8) is 0 Å². The minimum atomic E-state index is -0.589. The Kier molecular flexibility index (Phi) is 7.67. The summed E-state index contributed by atoms with van der Waals surface area (Å²) in [6.45, 7) is 0.162. The molecule has 1 saturated carbocycles. The number of methoxy groups -OCH3 is 2. The molecule has 0 aliphatic heterocycles. The number of amides is 1. The molecule has 7 nitrogen and oxygen atoms in total.